The summed E-state index contributed by atoms with van der Waals surface area (Å²) in [6, 6.07) is 2.94. The number of nitriles is 1. The first-order valence-electron chi connectivity index (χ1n) is 6.52. The number of hydrogen-bond donors (Lipinski definition) is 0. The van der Waals surface area contributed by atoms with Gasteiger partial charge in [0.05, 0.1) is 18.1 Å². The van der Waals surface area contributed by atoms with Gasteiger partial charge in [-0.05, 0) is 32.7 Å². The van der Waals surface area contributed by atoms with Crippen molar-refractivity contribution in [2.24, 2.45) is 5.92 Å². The second kappa shape index (κ2) is 5.65. The highest BCUT2D eigenvalue weighted by molar-refractivity contribution is 4.95. The van der Waals surface area contributed by atoms with Crippen LogP contribution >= 0.6 is 0 Å². The van der Waals surface area contributed by atoms with Gasteiger partial charge in [-0.3, -0.25) is 4.90 Å². The van der Waals surface area contributed by atoms with Gasteiger partial charge in [0.15, 0.2) is 0 Å². The molecule has 3 nitrogen and oxygen atoms in total. The molecule has 2 fully saturated rings. The monoisotopic (exact) mass is 222 g/mol. The summed E-state index contributed by atoms with van der Waals surface area (Å²) in [5, 5.41) is 9.16. The second-order valence-electron chi connectivity index (χ2n) is 5.16. The Morgan fingerprint density at radius 1 is 1.25 bits per heavy atom. The van der Waals surface area contributed by atoms with Crippen molar-refractivity contribution in [2.45, 2.75) is 50.7 Å². The molecule has 16 heavy (non-hydrogen) atoms. The molecule has 0 bridgehead atoms. The first-order chi connectivity index (χ1) is 7.81. The normalized spacial score (nSPS) is 35.2. The SMILES string of the molecule is CN(CC1CCCO1)C1CCCCC1C#N. The summed E-state index contributed by atoms with van der Waals surface area (Å²) >= 11 is 0. The van der Waals surface area contributed by atoms with E-state index in [4.69, 9.17) is 10.00 Å². The van der Waals surface area contributed by atoms with E-state index in [0.29, 0.717) is 12.1 Å². The summed E-state index contributed by atoms with van der Waals surface area (Å²) in [4.78, 5) is 2.36. The van der Waals surface area contributed by atoms with Crippen molar-refractivity contribution in [3.05, 3.63) is 0 Å². The Morgan fingerprint density at radius 3 is 2.75 bits per heavy atom. The standard InChI is InChI=1S/C13H22N2O/c1-15(10-12-6-4-8-16-12)13-7-3-2-5-11(13)9-14/h11-13H,2-8,10H2,1H3. The summed E-state index contributed by atoms with van der Waals surface area (Å²) in [5.41, 5.74) is 0. The third-order valence-corrected chi connectivity index (χ3v) is 3.98. The molecule has 0 aromatic carbocycles. The first-order valence-corrected chi connectivity index (χ1v) is 6.52. The molecular formula is C13H22N2O. The zero-order valence-corrected chi connectivity index (χ0v) is 10.2. The molecule has 1 aliphatic heterocycles. The van der Waals surface area contributed by atoms with Crippen molar-refractivity contribution in [1.82, 2.24) is 4.90 Å². The van der Waals surface area contributed by atoms with E-state index in [1.807, 2.05) is 0 Å². The molecule has 3 heteroatoms. The summed E-state index contributed by atoms with van der Waals surface area (Å²) in [5.74, 6) is 0.236. The molecule has 0 spiro atoms. The minimum Gasteiger partial charge on any atom is -0.377 e. The number of rotatable bonds is 3. The number of nitrogens with zero attached hydrogens (tertiary/aromatic N) is 2. The molecule has 1 saturated carbocycles. The van der Waals surface area contributed by atoms with Gasteiger partial charge in [-0.1, -0.05) is 12.8 Å². The lowest BCUT2D eigenvalue weighted by Gasteiger charge is -2.35. The largest absolute Gasteiger partial charge is 0.377 e. The van der Waals surface area contributed by atoms with Crippen LogP contribution in [0, 0.1) is 17.2 Å². The van der Waals surface area contributed by atoms with E-state index in [1.165, 1.54) is 32.1 Å². The molecule has 0 aromatic rings. The minimum atomic E-state index is 0.236. The van der Waals surface area contributed by atoms with Gasteiger partial charge in [-0.2, -0.15) is 5.26 Å². The van der Waals surface area contributed by atoms with E-state index in [2.05, 4.69) is 18.0 Å². The van der Waals surface area contributed by atoms with Gasteiger partial charge in [0, 0.05) is 19.2 Å². The van der Waals surface area contributed by atoms with Gasteiger partial charge >= 0.3 is 0 Å². The summed E-state index contributed by atoms with van der Waals surface area (Å²) < 4.78 is 5.66. The fourth-order valence-corrected chi connectivity index (χ4v) is 3.03. The fourth-order valence-electron chi connectivity index (χ4n) is 3.03. The van der Waals surface area contributed by atoms with Crippen LogP contribution < -0.4 is 0 Å². The molecule has 0 N–H and O–H groups in total. The van der Waals surface area contributed by atoms with E-state index >= 15 is 0 Å². The number of hydrogen-bond acceptors (Lipinski definition) is 3. The highest BCUT2D eigenvalue weighted by atomic mass is 16.5. The van der Waals surface area contributed by atoms with Crippen LogP contribution in [0.4, 0.5) is 0 Å². The summed E-state index contributed by atoms with van der Waals surface area (Å²) in [7, 11) is 2.15. The van der Waals surface area contributed by atoms with Crippen molar-refractivity contribution < 1.29 is 4.74 Å². The van der Waals surface area contributed by atoms with Crippen LogP contribution in [0.1, 0.15) is 38.5 Å². The molecule has 1 aliphatic carbocycles. The lowest BCUT2D eigenvalue weighted by Crippen LogP contribution is -2.43. The summed E-state index contributed by atoms with van der Waals surface area (Å²) in [6.45, 7) is 1.92. The van der Waals surface area contributed by atoms with E-state index in [-0.39, 0.29) is 5.92 Å². The van der Waals surface area contributed by atoms with Crippen LogP contribution in [0.3, 0.4) is 0 Å². The van der Waals surface area contributed by atoms with Crippen molar-refractivity contribution in [2.75, 3.05) is 20.2 Å². The fraction of sp³-hybridized carbons (Fsp3) is 0.923. The van der Waals surface area contributed by atoms with Crippen molar-refractivity contribution in [1.29, 1.82) is 5.26 Å². The quantitative estimate of drug-likeness (QED) is 0.734. The van der Waals surface area contributed by atoms with Gasteiger partial charge in [0.1, 0.15) is 0 Å². The Hall–Kier alpha value is -0.590. The van der Waals surface area contributed by atoms with E-state index < -0.39 is 0 Å². The Balaban J connectivity index is 1.86. The zero-order valence-electron chi connectivity index (χ0n) is 10.2. The van der Waals surface area contributed by atoms with Crippen LogP contribution in [0.2, 0.25) is 0 Å². The third kappa shape index (κ3) is 2.75. The van der Waals surface area contributed by atoms with Crippen LogP contribution in [0.25, 0.3) is 0 Å². The highest BCUT2D eigenvalue weighted by Crippen LogP contribution is 2.28. The lowest BCUT2D eigenvalue weighted by molar-refractivity contribution is 0.0532. The maximum atomic E-state index is 9.16. The van der Waals surface area contributed by atoms with Crippen LogP contribution in [0.5, 0.6) is 0 Å². The Kier molecular flexibility index (Phi) is 4.20. The average Bonchev–Trinajstić information content (AvgIpc) is 2.81. The van der Waals surface area contributed by atoms with Gasteiger partial charge < -0.3 is 4.74 Å². The number of likely N-dealkylation sites (N-methyl/N-ethyl adjacent to an activating group) is 1. The second-order valence-corrected chi connectivity index (χ2v) is 5.16. The predicted octanol–water partition coefficient (Wildman–Crippen LogP) is 2.18. The van der Waals surface area contributed by atoms with Crippen molar-refractivity contribution in [3.8, 4) is 6.07 Å². The molecule has 0 radical (unpaired) electrons. The maximum absolute atomic E-state index is 9.16. The lowest BCUT2D eigenvalue weighted by atomic mass is 9.84. The molecule has 0 aromatic heterocycles. The van der Waals surface area contributed by atoms with Crippen LogP contribution in [-0.4, -0.2) is 37.2 Å². The molecule has 2 rings (SSSR count). The summed E-state index contributed by atoms with van der Waals surface area (Å²) in [6.07, 6.45) is 7.56. The highest BCUT2D eigenvalue weighted by Gasteiger charge is 2.30. The van der Waals surface area contributed by atoms with Crippen molar-refractivity contribution >= 4 is 0 Å². The van der Waals surface area contributed by atoms with E-state index in [9.17, 15) is 0 Å². The Labute approximate surface area is 98.4 Å². The smallest absolute Gasteiger partial charge is 0.0702 e. The third-order valence-electron chi connectivity index (χ3n) is 3.98. The molecule has 3 unspecified atom stereocenters. The average molecular weight is 222 g/mol. The molecule has 1 heterocycles. The molecular weight excluding hydrogens is 200 g/mol. The van der Waals surface area contributed by atoms with Crippen LogP contribution in [-0.2, 0) is 4.74 Å². The van der Waals surface area contributed by atoms with E-state index in [1.54, 1.807) is 0 Å². The minimum absolute atomic E-state index is 0.236. The van der Waals surface area contributed by atoms with Gasteiger partial charge in [0.2, 0.25) is 0 Å². The van der Waals surface area contributed by atoms with E-state index in [0.717, 1.165) is 19.6 Å². The molecule has 3 atom stereocenters. The Bertz CT molecular complexity index is 255. The molecule has 0 amide bonds. The molecule has 90 valence electrons. The topological polar surface area (TPSA) is 36.3 Å². The predicted molar refractivity (Wildman–Crippen MR) is 63.0 cm³/mol. The van der Waals surface area contributed by atoms with Gasteiger partial charge in [-0.15, -0.1) is 0 Å². The maximum Gasteiger partial charge on any atom is 0.0702 e. The van der Waals surface area contributed by atoms with Crippen molar-refractivity contribution in [3.63, 3.8) is 0 Å². The molecule has 2 aliphatic rings. The van der Waals surface area contributed by atoms with Gasteiger partial charge in [-0.25, -0.2) is 0 Å². The van der Waals surface area contributed by atoms with Gasteiger partial charge in [0.25, 0.3) is 0 Å². The molecule has 1 saturated heterocycles. The first kappa shape index (κ1) is 11.9. The van der Waals surface area contributed by atoms with Crippen LogP contribution in [0.15, 0.2) is 0 Å². The number of ether oxygens (including phenoxy) is 1. The Morgan fingerprint density at radius 2 is 2.06 bits per heavy atom. The zero-order chi connectivity index (χ0) is 11.4.